The van der Waals surface area contributed by atoms with Gasteiger partial charge in [-0.2, -0.15) is 5.10 Å². The van der Waals surface area contributed by atoms with E-state index >= 15 is 0 Å². The first-order valence-corrected chi connectivity index (χ1v) is 9.80. The highest BCUT2D eigenvalue weighted by Crippen LogP contribution is 2.24. The van der Waals surface area contributed by atoms with Crippen molar-refractivity contribution >= 4 is 34.5 Å². The molecule has 0 atom stereocenters. The van der Waals surface area contributed by atoms with Crippen molar-refractivity contribution in [2.75, 3.05) is 17.7 Å². The second kappa shape index (κ2) is 9.13. The summed E-state index contributed by atoms with van der Waals surface area (Å²) in [4.78, 5) is 32.9. The molecule has 0 aliphatic rings. The second-order valence-electron chi connectivity index (χ2n) is 6.74. The van der Waals surface area contributed by atoms with Crippen LogP contribution in [0.1, 0.15) is 33.2 Å². The van der Waals surface area contributed by atoms with E-state index in [-0.39, 0.29) is 29.7 Å². The largest absolute Gasteiger partial charge is 0.489 e. The number of ether oxygens (including phenoxy) is 2. The molecule has 0 aliphatic heterocycles. The molecule has 4 aromatic rings. The maximum atomic E-state index is 12.7. The highest BCUT2D eigenvalue weighted by molar-refractivity contribution is 6.08. The summed E-state index contributed by atoms with van der Waals surface area (Å²) in [5, 5.41) is 9.91. The number of benzene rings is 1. The number of carbonyl (C=O) groups excluding carboxylic acids is 2. The molecule has 0 unspecified atom stereocenters. The van der Waals surface area contributed by atoms with Crippen molar-refractivity contribution in [2.45, 2.75) is 13.5 Å². The minimum Gasteiger partial charge on any atom is -0.489 e. The van der Waals surface area contributed by atoms with E-state index in [9.17, 15) is 9.59 Å². The second-order valence-corrected chi connectivity index (χ2v) is 6.74. The normalized spacial score (nSPS) is 10.7. The molecule has 0 bridgehead atoms. The van der Waals surface area contributed by atoms with Crippen LogP contribution >= 0.6 is 0 Å². The summed E-state index contributed by atoms with van der Waals surface area (Å²) in [7, 11) is 0. The zero-order valence-electron chi connectivity index (χ0n) is 17.2. The van der Waals surface area contributed by atoms with Crippen LogP contribution in [-0.2, 0) is 11.3 Å². The molecule has 4 rings (SSSR count). The Morgan fingerprint density at radius 3 is 2.72 bits per heavy atom. The van der Waals surface area contributed by atoms with Crippen molar-refractivity contribution in [3.63, 3.8) is 0 Å². The van der Waals surface area contributed by atoms with Gasteiger partial charge >= 0.3 is 5.97 Å². The number of rotatable bonds is 7. The lowest BCUT2D eigenvalue weighted by Gasteiger charge is -2.08. The maximum Gasteiger partial charge on any atom is 0.341 e. The minimum atomic E-state index is -0.597. The number of nitrogens with zero attached hydrogens (tertiary/aromatic N) is 3. The number of nitrogen functional groups attached to an aromatic ring is 1. The molecule has 0 aliphatic carbocycles. The molecule has 0 fully saturated rings. The number of H-pyrrole nitrogens is 1. The fraction of sp³-hybridized carbons (Fsp3) is 0.136. The summed E-state index contributed by atoms with van der Waals surface area (Å²) in [6.45, 7) is 2.27. The van der Waals surface area contributed by atoms with Crippen LogP contribution in [0.5, 0.6) is 5.75 Å². The Labute approximate surface area is 182 Å². The lowest BCUT2D eigenvalue weighted by Crippen LogP contribution is -2.13. The van der Waals surface area contributed by atoms with Gasteiger partial charge in [0.25, 0.3) is 5.91 Å². The van der Waals surface area contributed by atoms with Gasteiger partial charge in [0.2, 0.25) is 0 Å². The molecular weight excluding hydrogens is 412 g/mol. The van der Waals surface area contributed by atoms with Crippen molar-refractivity contribution in [3.05, 3.63) is 71.5 Å². The number of nitrogens with one attached hydrogen (secondary N) is 2. The average Bonchev–Trinajstić information content (AvgIpc) is 3.19. The van der Waals surface area contributed by atoms with E-state index in [1.165, 1.54) is 6.07 Å². The first kappa shape index (κ1) is 20.8. The van der Waals surface area contributed by atoms with Crippen LogP contribution in [0.3, 0.4) is 0 Å². The van der Waals surface area contributed by atoms with E-state index in [0.717, 1.165) is 5.56 Å². The lowest BCUT2D eigenvalue weighted by molar-refractivity contribution is 0.0527. The molecule has 3 aromatic heterocycles. The van der Waals surface area contributed by atoms with E-state index in [4.69, 9.17) is 15.2 Å². The van der Waals surface area contributed by atoms with Crippen LogP contribution in [0.4, 0.5) is 11.6 Å². The summed E-state index contributed by atoms with van der Waals surface area (Å²) in [6, 6.07) is 11.9. The van der Waals surface area contributed by atoms with Crippen LogP contribution in [0.25, 0.3) is 11.0 Å². The number of aromatic amines is 1. The van der Waals surface area contributed by atoms with E-state index < -0.39 is 5.97 Å². The Kier molecular flexibility index (Phi) is 5.93. The third-order valence-electron chi connectivity index (χ3n) is 4.55. The number of hydrogen-bond acceptors (Lipinski definition) is 8. The molecular formula is C22H20N6O4. The third-order valence-corrected chi connectivity index (χ3v) is 4.55. The number of fused-ring (bicyclic) bond motifs is 1. The van der Waals surface area contributed by atoms with Gasteiger partial charge in [-0.15, -0.1) is 0 Å². The zero-order chi connectivity index (χ0) is 22.5. The van der Waals surface area contributed by atoms with Gasteiger partial charge < -0.3 is 20.5 Å². The van der Waals surface area contributed by atoms with Crippen molar-refractivity contribution in [1.29, 1.82) is 0 Å². The van der Waals surface area contributed by atoms with Gasteiger partial charge in [-0.25, -0.2) is 9.78 Å². The molecule has 0 saturated heterocycles. The van der Waals surface area contributed by atoms with E-state index in [2.05, 4.69) is 25.5 Å². The van der Waals surface area contributed by atoms with E-state index in [1.807, 2.05) is 12.1 Å². The molecule has 1 aromatic carbocycles. The van der Waals surface area contributed by atoms with E-state index in [1.54, 1.807) is 43.6 Å². The first-order valence-electron chi connectivity index (χ1n) is 9.80. The predicted molar refractivity (Wildman–Crippen MR) is 117 cm³/mol. The number of carbonyl (C=O) groups is 2. The van der Waals surface area contributed by atoms with Crippen LogP contribution in [0.2, 0.25) is 0 Å². The van der Waals surface area contributed by atoms with Crippen LogP contribution in [0, 0.1) is 0 Å². The number of esters is 1. The SMILES string of the molecule is CCOC(=O)c1cc2c(NC(=O)c3ccc(OCc4cccnc4)cc3)n[nH]c2nc1N. The molecule has 10 heteroatoms. The van der Waals surface area contributed by atoms with Gasteiger partial charge in [-0.1, -0.05) is 6.07 Å². The fourth-order valence-corrected chi connectivity index (χ4v) is 2.96. The topological polar surface area (TPSA) is 145 Å². The molecule has 3 heterocycles. The Balaban J connectivity index is 1.47. The Hall–Kier alpha value is -4.47. The molecule has 10 nitrogen and oxygen atoms in total. The standard InChI is InChI=1S/C22H20N6O4/c1-2-31-22(30)16-10-17-19(25-18(16)23)27-28-20(17)26-21(29)14-5-7-15(8-6-14)32-12-13-4-3-9-24-11-13/h3-11H,2,12H2,1H3,(H4,23,25,26,27,28,29). The number of pyridine rings is 2. The number of nitrogens with two attached hydrogens (primary N) is 1. The van der Waals surface area contributed by atoms with Gasteiger partial charge in [0.15, 0.2) is 11.5 Å². The van der Waals surface area contributed by atoms with E-state index in [0.29, 0.717) is 29.0 Å². The predicted octanol–water partition coefficient (Wildman–Crippen LogP) is 2.94. The zero-order valence-corrected chi connectivity index (χ0v) is 17.2. The molecule has 1 amide bonds. The summed E-state index contributed by atoms with van der Waals surface area (Å²) < 4.78 is 10.7. The van der Waals surface area contributed by atoms with Gasteiger partial charge in [0.05, 0.1) is 12.0 Å². The minimum absolute atomic E-state index is 0.0133. The van der Waals surface area contributed by atoms with Gasteiger partial charge in [0.1, 0.15) is 23.7 Å². The van der Waals surface area contributed by atoms with Crippen molar-refractivity contribution in [2.24, 2.45) is 0 Å². The van der Waals surface area contributed by atoms with Crippen molar-refractivity contribution in [3.8, 4) is 5.75 Å². The molecule has 0 saturated carbocycles. The van der Waals surface area contributed by atoms with Crippen LogP contribution in [0.15, 0.2) is 54.9 Å². The van der Waals surface area contributed by atoms with Gasteiger partial charge in [0, 0.05) is 23.5 Å². The number of anilines is 2. The Bertz CT molecular complexity index is 1250. The van der Waals surface area contributed by atoms with Gasteiger partial charge in [-0.3, -0.25) is 14.9 Å². The van der Waals surface area contributed by atoms with Crippen LogP contribution in [-0.4, -0.2) is 38.6 Å². The van der Waals surface area contributed by atoms with Crippen LogP contribution < -0.4 is 15.8 Å². The van der Waals surface area contributed by atoms with Gasteiger partial charge in [-0.05, 0) is 43.3 Å². The van der Waals surface area contributed by atoms with Crippen molar-refractivity contribution < 1.29 is 19.1 Å². The smallest absolute Gasteiger partial charge is 0.341 e. The molecule has 0 spiro atoms. The van der Waals surface area contributed by atoms with Crippen molar-refractivity contribution in [1.82, 2.24) is 20.2 Å². The maximum absolute atomic E-state index is 12.7. The summed E-state index contributed by atoms with van der Waals surface area (Å²) in [5.41, 5.74) is 7.62. The molecule has 32 heavy (non-hydrogen) atoms. The quantitative estimate of drug-likeness (QED) is 0.378. The highest BCUT2D eigenvalue weighted by atomic mass is 16.5. The fourth-order valence-electron chi connectivity index (χ4n) is 2.96. The highest BCUT2D eigenvalue weighted by Gasteiger charge is 2.18. The lowest BCUT2D eigenvalue weighted by atomic mass is 10.2. The molecule has 0 radical (unpaired) electrons. The average molecular weight is 432 g/mol. The summed E-state index contributed by atoms with van der Waals surface area (Å²) >= 11 is 0. The summed E-state index contributed by atoms with van der Waals surface area (Å²) in [6.07, 6.45) is 3.42. The number of hydrogen-bond donors (Lipinski definition) is 3. The first-order chi connectivity index (χ1) is 15.5. The number of aromatic nitrogens is 4. The monoisotopic (exact) mass is 432 g/mol. The Morgan fingerprint density at radius 1 is 1.19 bits per heavy atom. The molecule has 4 N–H and O–H groups in total. The molecule has 162 valence electrons. The Morgan fingerprint density at radius 2 is 2.00 bits per heavy atom. The third kappa shape index (κ3) is 4.48. The number of amides is 1. The summed E-state index contributed by atoms with van der Waals surface area (Å²) in [5.74, 6) is -0.125.